The molecular weight excluding hydrogens is 441 g/mol. The van der Waals surface area contributed by atoms with Crippen molar-refractivity contribution in [1.29, 1.82) is 0 Å². The average molecular weight is 460 g/mol. The molecule has 150 valence electrons. The van der Waals surface area contributed by atoms with E-state index in [2.05, 4.69) is 26.1 Å². The van der Waals surface area contributed by atoms with Crippen molar-refractivity contribution in [2.24, 2.45) is 0 Å². The van der Waals surface area contributed by atoms with Crippen molar-refractivity contribution in [1.82, 2.24) is 15.1 Å². The van der Waals surface area contributed by atoms with Crippen molar-refractivity contribution in [2.45, 2.75) is 18.8 Å². The molecule has 1 aliphatic heterocycles. The second-order valence-corrected chi connectivity index (χ2v) is 7.74. The molecule has 3 aromatic rings. The minimum Gasteiger partial charge on any atom is -0.497 e. The Kier molecular flexibility index (Phi) is 5.62. The maximum absolute atomic E-state index is 13.1. The molecule has 0 spiro atoms. The standard InChI is InChI=1S/C21H19BrFN3O3/c1-28-16-8-9-18(22)17(11-16)21(27)26-10-2-3-14(12-26)20-25-24-19(29-20)13-4-6-15(23)7-5-13/h4-9,11,14H,2-3,10,12H2,1H3. The maximum Gasteiger partial charge on any atom is 0.255 e. The van der Waals surface area contributed by atoms with Crippen LogP contribution in [0, 0.1) is 5.82 Å². The first kappa shape index (κ1) is 19.6. The molecule has 1 fully saturated rings. The number of amides is 1. The zero-order valence-electron chi connectivity index (χ0n) is 15.8. The number of piperidine rings is 1. The van der Waals surface area contributed by atoms with Crippen LogP contribution in [0.4, 0.5) is 4.39 Å². The molecule has 8 heteroatoms. The molecular formula is C21H19BrFN3O3. The van der Waals surface area contributed by atoms with Crippen molar-refractivity contribution in [3.8, 4) is 17.2 Å². The Balaban J connectivity index is 1.51. The number of nitrogens with zero attached hydrogens (tertiary/aromatic N) is 3. The van der Waals surface area contributed by atoms with Gasteiger partial charge in [-0.05, 0) is 71.2 Å². The van der Waals surface area contributed by atoms with Crippen molar-refractivity contribution >= 4 is 21.8 Å². The maximum atomic E-state index is 13.1. The fourth-order valence-corrected chi connectivity index (χ4v) is 3.85. The fraction of sp³-hybridized carbons (Fsp3) is 0.286. The lowest BCUT2D eigenvalue weighted by molar-refractivity contribution is 0.0697. The van der Waals surface area contributed by atoms with Gasteiger partial charge < -0.3 is 14.1 Å². The molecule has 1 unspecified atom stereocenters. The third-order valence-electron chi connectivity index (χ3n) is 4.99. The zero-order chi connectivity index (χ0) is 20.4. The molecule has 1 aliphatic rings. The van der Waals surface area contributed by atoms with Crippen LogP contribution in [-0.4, -0.2) is 41.2 Å². The van der Waals surface area contributed by atoms with E-state index in [1.165, 1.54) is 12.1 Å². The lowest BCUT2D eigenvalue weighted by atomic mass is 9.97. The minimum atomic E-state index is -0.321. The Hall–Kier alpha value is -2.74. The first-order chi connectivity index (χ1) is 14.0. The number of carbonyl (C=O) groups excluding carboxylic acids is 1. The summed E-state index contributed by atoms with van der Waals surface area (Å²) in [5, 5.41) is 8.26. The third-order valence-corrected chi connectivity index (χ3v) is 5.69. The van der Waals surface area contributed by atoms with Crippen molar-refractivity contribution in [2.75, 3.05) is 20.2 Å². The van der Waals surface area contributed by atoms with Gasteiger partial charge in [0.25, 0.3) is 5.91 Å². The first-order valence-corrected chi connectivity index (χ1v) is 10.1. The second kappa shape index (κ2) is 8.32. The quantitative estimate of drug-likeness (QED) is 0.566. The van der Waals surface area contributed by atoms with Crippen molar-refractivity contribution < 1.29 is 18.3 Å². The van der Waals surface area contributed by atoms with E-state index in [4.69, 9.17) is 9.15 Å². The van der Waals surface area contributed by atoms with Crippen molar-refractivity contribution in [3.05, 3.63) is 64.2 Å². The summed E-state index contributed by atoms with van der Waals surface area (Å²) in [5.41, 5.74) is 1.22. The summed E-state index contributed by atoms with van der Waals surface area (Å²) < 4.78 is 24.9. The molecule has 0 bridgehead atoms. The third kappa shape index (κ3) is 4.17. The van der Waals surface area contributed by atoms with E-state index < -0.39 is 0 Å². The van der Waals surface area contributed by atoms with E-state index in [1.54, 1.807) is 42.3 Å². The molecule has 2 heterocycles. The number of hydrogen-bond acceptors (Lipinski definition) is 5. The van der Waals surface area contributed by atoms with Gasteiger partial charge in [0.2, 0.25) is 11.8 Å². The summed E-state index contributed by atoms with van der Waals surface area (Å²) in [6, 6.07) is 11.2. The molecule has 1 atom stereocenters. The van der Waals surface area contributed by atoms with Crippen LogP contribution < -0.4 is 4.74 Å². The first-order valence-electron chi connectivity index (χ1n) is 9.27. The van der Waals surface area contributed by atoms with Crippen LogP contribution in [0.3, 0.4) is 0 Å². The Morgan fingerprint density at radius 3 is 2.79 bits per heavy atom. The van der Waals surface area contributed by atoms with Gasteiger partial charge in [0.15, 0.2) is 0 Å². The Morgan fingerprint density at radius 1 is 1.24 bits per heavy atom. The Labute approximate surface area is 175 Å². The van der Waals surface area contributed by atoms with E-state index in [1.807, 2.05) is 0 Å². The van der Waals surface area contributed by atoms with Gasteiger partial charge in [0, 0.05) is 23.1 Å². The number of rotatable bonds is 4. The topological polar surface area (TPSA) is 68.5 Å². The summed E-state index contributed by atoms with van der Waals surface area (Å²) in [4.78, 5) is 14.9. The van der Waals surface area contributed by atoms with Crippen LogP contribution in [0.25, 0.3) is 11.5 Å². The fourth-order valence-electron chi connectivity index (χ4n) is 3.44. The van der Waals surface area contributed by atoms with Gasteiger partial charge >= 0.3 is 0 Å². The van der Waals surface area contributed by atoms with E-state index >= 15 is 0 Å². The van der Waals surface area contributed by atoms with Crippen LogP contribution in [-0.2, 0) is 0 Å². The van der Waals surface area contributed by atoms with Crippen LogP contribution in [0.2, 0.25) is 0 Å². The smallest absolute Gasteiger partial charge is 0.255 e. The highest BCUT2D eigenvalue weighted by atomic mass is 79.9. The van der Waals surface area contributed by atoms with E-state index in [9.17, 15) is 9.18 Å². The van der Waals surface area contributed by atoms with Gasteiger partial charge in [0.05, 0.1) is 18.6 Å². The molecule has 1 saturated heterocycles. The molecule has 0 saturated carbocycles. The highest BCUT2D eigenvalue weighted by molar-refractivity contribution is 9.10. The van der Waals surface area contributed by atoms with E-state index in [0.29, 0.717) is 41.7 Å². The van der Waals surface area contributed by atoms with Crippen LogP contribution >= 0.6 is 15.9 Å². The van der Waals surface area contributed by atoms with E-state index in [-0.39, 0.29) is 17.6 Å². The lowest BCUT2D eigenvalue weighted by Crippen LogP contribution is -2.39. The van der Waals surface area contributed by atoms with Gasteiger partial charge in [-0.25, -0.2) is 4.39 Å². The monoisotopic (exact) mass is 459 g/mol. The number of carbonyl (C=O) groups is 1. The largest absolute Gasteiger partial charge is 0.497 e. The molecule has 1 aromatic heterocycles. The predicted molar refractivity (Wildman–Crippen MR) is 108 cm³/mol. The Morgan fingerprint density at radius 2 is 2.03 bits per heavy atom. The number of aromatic nitrogens is 2. The van der Waals surface area contributed by atoms with Gasteiger partial charge in [-0.15, -0.1) is 10.2 Å². The number of benzene rings is 2. The highest BCUT2D eigenvalue weighted by Crippen LogP contribution is 2.31. The summed E-state index contributed by atoms with van der Waals surface area (Å²) in [6.07, 6.45) is 1.69. The summed E-state index contributed by atoms with van der Waals surface area (Å²) in [5.74, 6) is 1.03. The predicted octanol–water partition coefficient (Wildman–Crippen LogP) is 4.67. The zero-order valence-corrected chi connectivity index (χ0v) is 17.4. The second-order valence-electron chi connectivity index (χ2n) is 6.89. The molecule has 29 heavy (non-hydrogen) atoms. The number of methoxy groups -OCH3 is 1. The molecule has 4 rings (SSSR count). The number of likely N-dealkylation sites (tertiary alicyclic amines) is 1. The van der Waals surface area contributed by atoms with Crippen LogP contribution in [0.15, 0.2) is 51.4 Å². The number of ether oxygens (including phenoxy) is 1. The van der Waals surface area contributed by atoms with E-state index in [0.717, 1.165) is 17.3 Å². The average Bonchev–Trinajstić information content (AvgIpc) is 3.24. The molecule has 2 aromatic carbocycles. The molecule has 1 amide bonds. The Bertz CT molecular complexity index is 1020. The van der Waals surface area contributed by atoms with Crippen LogP contribution in [0.5, 0.6) is 5.75 Å². The number of hydrogen-bond donors (Lipinski definition) is 0. The van der Waals surface area contributed by atoms with Gasteiger partial charge in [-0.1, -0.05) is 0 Å². The summed E-state index contributed by atoms with van der Waals surface area (Å²) >= 11 is 3.45. The molecule has 6 nitrogen and oxygen atoms in total. The van der Waals surface area contributed by atoms with Gasteiger partial charge in [0.1, 0.15) is 11.6 Å². The number of halogens is 2. The SMILES string of the molecule is COc1ccc(Br)c(C(=O)N2CCCC(c3nnc(-c4ccc(F)cc4)o3)C2)c1. The van der Waals surface area contributed by atoms with Gasteiger partial charge in [-0.3, -0.25) is 4.79 Å². The highest BCUT2D eigenvalue weighted by Gasteiger charge is 2.30. The summed E-state index contributed by atoms with van der Waals surface area (Å²) in [7, 11) is 1.57. The normalized spacial score (nSPS) is 16.7. The van der Waals surface area contributed by atoms with Crippen molar-refractivity contribution in [3.63, 3.8) is 0 Å². The lowest BCUT2D eigenvalue weighted by Gasteiger charge is -2.31. The molecule has 0 N–H and O–H groups in total. The molecule has 0 aliphatic carbocycles. The minimum absolute atomic E-state index is 0.0428. The molecule has 0 radical (unpaired) electrons. The van der Waals surface area contributed by atoms with Crippen LogP contribution in [0.1, 0.15) is 35.0 Å². The summed E-state index contributed by atoms with van der Waals surface area (Å²) in [6.45, 7) is 1.16. The van der Waals surface area contributed by atoms with Gasteiger partial charge in [-0.2, -0.15) is 0 Å².